The molecule has 6 rings (SSSR count). The summed E-state index contributed by atoms with van der Waals surface area (Å²) in [6.07, 6.45) is -8.90. The van der Waals surface area contributed by atoms with Crippen LogP contribution in [0.4, 0.5) is 35.1 Å². The van der Waals surface area contributed by atoms with E-state index in [1.807, 2.05) is 0 Å². The molecule has 2 saturated carbocycles. The molecule has 0 amide bonds. The van der Waals surface area contributed by atoms with Crippen molar-refractivity contribution in [3.8, 4) is 0 Å². The van der Waals surface area contributed by atoms with Gasteiger partial charge in [-0.1, -0.05) is 36.8 Å². The largest absolute Gasteiger partial charge is 0.456 e. The molecule has 1 saturated heterocycles. The number of hydrogen-bond acceptors (Lipinski definition) is 4. The van der Waals surface area contributed by atoms with Crippen LogP contribution in [0.1, 0.15) is 68.9 Å². The van der Waals surface area contributed by atoms with Gasteiger partial charge in [-0.3, -0.25) is 4.79 Å². The number of halogens is 8. The first kappa shape index (κ1) is 29.7. The fourth-order valence-electron chi connectivity index (χ4n) is 8.56. The molecule has 0 unspecified atom stereocenters. The van der Waals surface area contributed by atoms with E-state index in [0.717, 1.165) is 16.7 Å². The quantitative estimate of drug-likeness (QED) is 0.368. The number of aliphatic hydroxyl groups is 1. The number of allylic oxidation sites excluding steroid dienone is 4. The maximum atomic E-state index is 15.1. The molecule has 12 heteroatoms. The van der Waals surface area contributed by atoms with Gasteiger partial charge in [0.25, 0.3) is 5.79 Å². The minimum atomic E-state index is -5.98. The van der Waals surface area contributed by atoms with Gasteiger partial charge >= 0.3 is 18.3 Å². The molecule has 0 aromatic heterocycles. The molecule has 1 aromatic carbocycles. The Kier molecular flexibility index (Phi) is 6.62. The van der Waals surface area contributed by atoms with Crippen molar-refractivity contribution < 1.29 is 54.5 Å². The van der Waals surface area contributed by atoms with E-state index < -0.39 is 59.3 Å². The Morgan fingerprint density at radius 3 is 2.14 bits per heavy atom. The molecule has 230 valence electrons. The molecule has 4 aliphatic carbocycles. The van der Waals surface area contributed by atoms with Gasteiger partial charge in [0.05, 0.1) is 13.2 Å². The van der Waals surface area contributed by atoms with Crippen LogP contribution >= 0.6 is 0 Å². The minimum absolute atomic E-state index is 0.0352. The summed E-state index contributed by atoms with van der Waals surface area (Å²) in [5, 5.41) is 11.3. The summed E-state index contributed by atoms with van der Waals surface area (Å²) >= 11 is 0. The molecule has 0 radical (unpaired) electrons. The van der Waals surface area contributed by atoms with E-state index in [-0.39, 0.29) is 43.8 Å². The number of carbonyl (C=O) groups excluding carboxylic acids is 1. The van der Waals surface area contributed by atoms with E-state index >= 15 is 8.78 Å². The summed E-state index contributed by atoms with van der Waals surface area (Å²) in [5.74, 6) is -10.3. The van der Waals surface area contributed by atoms with Crippen LogP contribution in [0.3, 0.4) is 0 Å². The molecule has 0 spiro atoms. The number of hydrogen-bond donors (Lipinski definition) is 1. The number of benzene rings is 1. The van der Waals surface area contributed by atoms with Gasteiger partial charge in [0.15, 0.2) is 5.78 Å². The van der Waals surface area contributed by atoms with Crippen molar-refractivity contribution in [2.45, 2.75) is 87.5 Å². The number of ether oxygens (including phenoxy) is 2. The number of alkyl halides is 8. The van der Waals surface area contributed by atoms with Gasteiger partial charge in [-0.25, -0.2) is 0 Å². The van der Waals surface area contributed by atoms with Crippen molar-refractivity contribution >= 4 is 5.78 Å². The van der Waals surface area contributed by atoms with Gasteiger partial charge in [0.2, 0.25) is 0 Å². The van der Waals surface area contributed by atoms with Crippen LogP contribution in [0.15, 0.2) is 47.1 Å². The Labute approximate surface area is 236 Å². The van der Waals surface area contributed by atoms with Crippen LogP contribution in [0.25, 0.3) is 0 Å². The third-order valence-electron chi connectivity index (χ3n) is 10.5. The van der Waals surface area contributed by atoms with E-state index in [1.54, 1.807) is 6.08 Å². The van der Waals surface area contributed by atoms with Gasteiger partial charge in [-0.2, -0.15) is 35.1 Å². The van der Waals surface area contributed by atoms with Gasteiger partial charge in [0, 0.05) is 23.3 Å². The molecule has 1 N–H and O–H groups in total. The Balaban J connectivity index is 1.49. The lowest BCUT2D eigenvalue weighted by molar-refractivity contribution is -0.362. The lowest BCUT2D eigenvalue weighted by Gasteiger charge is -2.56. The third-order valence-corrected chi connectivity index (χ3v) is 10.5. The summed E-state index contributed by atoms with van der Waals surface area (Å²) in [7, 11) is 0. The Morgan fingerprint density at radius 1 is 0.905 bits per heavy atom. The second kappa shape index (κ2) is 9.34. The molecule has 5 atom stereocenters. The zero-order valence-electron chi connectivity index (χ0n) is 22.7. The predicted molar refractivity (Wildman–Crippen MR) is 132 cm³/mol. The molecular formula is C30H30F8O4. The highest BCUT2D eigenvalue weighted by atomic mass is 19.4. The second-order valence-electron chi connectivity index (χ2n) is 12.4. The van der Waals surface area contributed by atoms with E-state index in [4.69, 9.17) is 9.47 Å². The van der Waals surface area contributed by atoms with Gasteiger partial charge in [-0.05, 0) is 73.1 Å². The number of fused-ring (bicyclic) bond motifs is 4. The zero-order chi connectivity index (χ0) is 30.5. The SMILES string of the molecule is C[C@]12C[C@H](c3ccc(C4(C(F)(F)F)OCCO4)cc3)C3=C4CCC(=O)C=C4CC[C@H]3[C@@H]1CC[C@@]2(O)C(F)(F)C(F)(F)F. The topological polar surface area (TPSA) is 55.8 Å². The average Bonchev–Trinajstić information content (AvgIpc) is 3.52. The highest BCUT2D eigenvalue weighted by Gasteiger charge is 2.79. The minimum Gasteiger partial charge on any atom is -0.383 e. The molecule has 42 heavy (non-hydrogen) atoms. The van der Waals surface area contributed by atoms with Crippen LogP contribution in [0, 0.1) is 17.3 Å². The molecule has 1 aromatic rings. The average molecular weight is 607 g/mol. The molecule has 3 fully saturated rings. The van der Waals surface area contributed by atoms with Crippen molar-refractivity contribution in [2.75, 3.05) is 13.2 Å². The van der Waals surface area contributed by atoms with Crippen LogP contribution in [-0.2, 0) is 20.1 Å². The van der Waals surface area contributed by atoms with E-state index in [9.17, 15) is 36.2 Å². The first-order valence-electron chi connectivity index (χ1n) is 14.1. The lowest BCUT2D eigenvalue weighted by atomic mass is 9.50. The van der Waals surface area contributed by atoms with E-state index in [2.05, 4.69) is 0 Å². The Hall–Kier alpha value is -2.31. The first-order chi connectivity index (χ1) is 19.5. The fraction of sp³-hybridized carbons (Fsp3) is 0.633. The normalized spacial score (nSPS) is 35.0. The molecule has 1 aliphatic heterocycles. The van der Waals surface area contributed by atoms with Gasteiger partial charge in [-0.15, -0.1) is 0 Å². The summed E-state index contributed by atoms with van der Waals surface area (Å²) in [4.78, 5) is 12.2. The number of rotatable bonds is 3. The van der Waals surface area contributed by atoms with Crippen molar-refractivity contribution in [3.63, 3.8) is 0 Å². The van der Waals surface area contributed by atoms with Crippen LogP contribution in [-0.4, -0.2) is 48.0 Å². The zero-order valence-corrected chi connectivity index (χ0v) is 22.7. The van der Waals surface area contributed by atoms with E-state index in [1.165, 1.54) is 31.2 Å². The first-order valence-corrected chi connectivity index (χ1v) is 14.1. The summed E-state index contributed by atoms with van der Waals surface area (Å²) in [5.41, 5.74) is -2.63. The number of ketones is 1. The predicted octanol–water partition coefficient (Wildman–Crippen LogP) is 7.28. The highest BCUT2D eigenvalue weighted by molar-refractivity contribution is 5.93. The summed E-state index contributed by atoms with van der Waals surface area (Å²) in [6, 6.07) is 5.15. The van der Waals surface area contributed by atoms with E-state index in [0.29, 0.717) is 24.8 Å². The second-order valence-corrected chi connectivity index (χ2v) is 12.4. The molecular weight excluding hydrogens is 576 g/mol. The van der Waals surface area contributed by atoms with Gasteiger partial charge in [0.1, 0.15) is 5.60 Å². The maximum absolute atomic E-state index is 15.1. The molecule has 0 bridgehead atoms. The number of carbonyl (C=O) groups is 1. The molecule has 1 heterocycles. The Bertz CT molecular complexity index is 1340. The highest BCUT2D eigenvalue weighted by Crippen LogP contribution is 2.70. The maximum Gasteiger partial charge on any atom is 0.456 e. The summed E-state index contributed by atoms with van der Waals surface area (Å²) < 4.78 is 123. The van der Waals surface area contributed by atoms with Crippen LogP contribution < -0.4 is 0 Å². The molecule has 4 nitrogen and oxygen atoms in total. The Morgan fingerprint density at radius 2 is 1.55 bits per heavy atom. The fourth-order valence-corrected chi connectivity index (χ4v) is 8.56. The van der Waals surface area contributed by atoms with Crippen molar-refractivity contribution in [1.82, 2.24) is 0 Å². The van der Waals surface area contributed by atoms with Crippen molar-refractivity contribution in [1.29, 1.82) is 0 Å². The van der Waals surface area contributed by atoms with Crippen molar-refractivity contribution in [2.24, 2.45) is 17.3 Å². The van der Waals surface area contributed by atoms with Crippen molar-refractivity contribution in [3.05, 3.63) is 58.2 Å². The third kappa shape index (κ3) is 3.93. The monoisotopic (exact) mass is 606 g/mol. The van der Waals surface area contributed by atoms with Gasteiger partial charge < -0.3 is 14.6 Å². The van der Waals surface area contributed by atoms with Crippen LogP contribution in [0.5, 0.6) is 0 Å². The lowest BCUT2D eigenvalue weighted by Crippen LogP contribution is -2.65. The molecule has 5 aliphatic rings. The standard InChI is InChI=1S/C30H30F8O4/c1-25-15-22(16-2-5-18(6-3-16)27(29(33,34)35)41-12-13-42-27)24-20-9-7-19(39)14-17(20)4-8-21(24)23(25)10-11-26(25,40)28(31,32)30(36,37)38/h2-3,5-6,14,21-23,40H,4,7-13,15H2,1H3/t21-,22+,23-,25-,26-/m0/s1. The smallest absolute Gasteiger partial charge is 0.383 e. The summed E-state index contributed by atoms with van der Waals surface area (Å²) in [6.45, 7) is 0.741. The van der Waals surface area contributed by atoms with Crippen LogP contribution in [0.2, 0.25) is 0 Å².